The van der Waals surface area contributed by atoms with E-state index in [1.54, 1.807) is 6.20 Å². The molecule has 1 atom stereocenters. The molecule has 14 heteroatoms. The molecule has 4 N–H and O–H groups in total. The second-order valence-corrected chi connectivity index (χ2v) is 8.97. The highest BCUT2D eigenvalue weighted by molar-refractivity contribution is 7.18. The standard InChI is InChI=1S/C22H18F4N4S.C2HF3O2/c23-20-9-16-8-14(3-4-15(16)10-28-20)19-12-30-21(31-19)29-11-18(27)7-13-1-5-17(6-2-13)22(24,25)26;3-2(4,5)1(6)7/h1-6,8-10,12,18H,7,11,27H2,(H,29,30);(H,6,7)/t18-;/m0./s1. The van der Waals surface area contributed by atoms with Crippen molar-refractivity contribution in [1.82, 2.24) is 9.97 Å². The number of fused-ring (bicyclic) bond motifs is 1. The summed E-state index contributed by atoms with van der Waals surface area (Å²) in [4.78, 5) is 17.8. The molecule has 4 aromatic rings. The van der Waals surface area contributed by atoms with Crippen molar-refractivity contribution in [2.24, 2.45) is 5.73 Å². The smallest absolute Gasteiger partial charge is 0.475 e. The highest BCUT2D eigenvalue weighted by atomic mass is 32.1. The normalized spacial score (nSPS) is 12.5. The highest BCUT2D eigenvalue weighted by Crippen LogP contribution is 2.31. The van der Waals surface area contributed by atoms with Crippen LogP contribution in [0.15, 0.2) is 60.9 Å². The number of benzene rings is 2. The fraction of sp³-hybridized carbons (Fsp3) is 0.208. The molecule has 2 heterocycles. The van der Waals surface area contributed by atoms with Gasteiger partial charge in [0.05, 0.1) is 10.4 Å². The molecular weight excluding hydrogens is 541 g/mol. The van der Waals surface area contributed by atoms with Crippen LogP contribution in [0.2, 0.25) is 0 Å². The van der Waals surface area contributed by atoms with Crippen LogP contribution in [0.4, 0.5) is 35.9 Å². The summed E-state index contributed by atoms with van der Waals surface area (Å²) in [5.74, 6) is -3.29. The maximum absolute atomic E-state index is 13.4. The van der Waals surface area contributed by atoms with Gasteiger partial charge in [0.25, 0.3) is 0 Å². The maximum Gasteiger partial charge on any atom is 0.490 e. The Balaban J connectivity index is 0.000000505. The number of carboxylic acids is 1. The van der Waals surface area contributed by atoms with Gasteiger partial charge in [0.1, 0.15) is 0 Å². The molecule has 38 heavy (non-hydrogen) atoms. The molecular formula is C24H19F7N4O2S. The number of rotatable bonds is 6. The van der Waals surface area contributed by atoms with Crippen molar-refractivity contribution >= 4 is 33.2 Å². The summed E-state index contributed by atoms with van der Waals surface area (Å²) in [6.07, 6.45) is -5.77. The van der Waals surface area contributed by atoms with Gasteiger partial charge in [-0.25, -0.2) is 14.8 Å². The molecule has 0 bridgehead atoms. The third-order valence-electron chi connectivity index (χ3n) is 5.02. The minimum absolute atomic E-state index is 0.291. The summed E-state index contributed by atoms with van der Waals surface area (Å²) in [6.45, 7) is 0.419. The van der Waals surface area contributed by atoms with Gasteiger partial charge >= 0.3 is 18.3 Å². The first-order valence-corrected chi connectivity index (χ1v) is 11.5. The number of alkyl halides is 6. The number of nitrogens with zero attached hydrogens (tertiary/aromatic N) is 2. The van der Waals surface area contributed by atoms with E-state index >= 15 is 0 Å². The monoisotopic (exact) mass is 560 g/mol. The molecule has 0 aliphatic carbocycles. The summed E-state index contributed by atoms with van der Waals surface area (Å²) in [5.41, 5.74) is 7.10. The van der Waals surface area contributed by atoms with Crippen molar-refractivity contribution in [3.05, 3.63) is 78.0 Å². The number of nitrogens with one attached hydrogen (secondary N) is 1. The third kappa shape index (κ3) is 8.11. The van der Waals surface area contributed by atoms with Gasteiger partial charge in [0, 0.05) is 36.4 Å². The minimum Gasteiger partial charge on any atom is -0.475 e. The number of anilines is 1. The molecule has 0 aliphatic rings. The number of carboxylic acid groups (broad SMARTS) is 1. The van der Waals surface area contributed by atoms with Gasteiger partial charge < -0.3 is 16.2 Å². The number of halogens is 7. The highest BCUT2D eigenvalue weighted by Gasteiger charge is 2.38. The van der Waals surface area contributed by atoms with Gasteiger partial charge in [-0.2, -0.15) is 30.7 Å². The lowest BCUT2D eigenvalue weighted by atomic mass is 10.0. The molecule has 2 aromatic heterocycles. The van der Waals surface area contributed by atoms with Crippen molar-refractivity contribution in [3.8, 4) is 10.4 Å². The first-order chi connectivity index (χ1) is 17.7. The summed E-state index contributed by atoms with van der Waals surface area (Å²) in [7, 11) is 0. The Bertz CT molecular complexity index is 1390. The summed E-state index contributed by atoms with van der Waals surface area (Å²) < 4.78 is 83.1. The molecule has 2 aromatic carbocycles. The van der Waals surface area contributed by atoms with E-state index in [1.165, 1.54) is 35.7 Å². The molecule has 0 saturated heterocycles. The molecule has 0 aliphatic heterocycles. The van der Waals surface area contributed by atoms with E-state index < -0.39 is 29.8 Å². The van der Waals surface area contributed by atoms with E-state index in [0.29, 0.717) is 18.1 Å². The minimum atomic E-state index is -5.08. The largest absolute Gasteiger partial charge is 0.490 e. The lowest BCUT2D eigenvalue weighted by Gasteiger charge is -2.13. The van der Waals surface area contributed by atoms with Crippen LogP contribution in [-0.4, -0.2) is 39.8 Å². The number of carbonyl (C=O) groups is 1. The number of thiazole rings is 1. The maximum atomic E-state index is 13.4. The number of aromatic nitrogens is 2. The number of nitrogens with two attached hydrogens (primary N) is 1. The zero-order chi connectivity index (χ0) is 28.1. The molecule has 0 unspecified atom stereocenters. The molecule has 6 nitrogen and oxygen atoms in total. The molecule has 202 valence electrons. The first-order valence-electron chi connectivity index (χ1n) is 10.7. The van der Waals surface area contributed by atoms with Gasteiger partial charge in [-0.05, 0) is 41.1 Å². The van der Waals surface area contributed by atoms with E-state index in [1.807, 2.05) is 18.2 Å². The fourth-order valence-electron chi connectivity index (χ4n) is 3.18. The second kappa shape index (κ2) is 11.7. The van der Waals surface area contributed by atoms with Crippen LogP contribution in [0.25, 0.3) is 21.2 Å². The Morgan fingerprint density at radius 3 is 2.24 bits per heavy atom. The van der Waals surface area contributed by atoms with Gasteiger partial charge in [0.15, 0.2) is 5.13 Å². The number of hydrogen-bond donors (Lipinski definition) is 3. The van der Waals surface area contributed by atoms with Gasteiger partial charge in [-0.15, -0.1) is 0 Å². The van der Waals surface area contributed by atoms with Crippen LogP contribution in [0.5, 0.6) is 0 Å². The predicted molar refractivity (Wildman–Crippen MR) is 128 cm³/mol. The van der Waals surface area contributed by atoms with E-state index in [0.717, 1.165) is 38.9 Å². The Hall–Kier alpha value is -3.78. The molecule has 0 spiro atoms. The Kier molecular flexibility index (Phi) is 8.89. The van der Waals surface area contributed by atoms with Crippen molar-refractivity contribution in [2.45, 2.75) is 24.8 Å². The SMILES string of the molecule is N[C@H](CNc1ncc(-c2ccc3cnc(F)cc3c2)s1)Cc1ccc(C(F)(F)F)cc1.O=C(O)C(F)(F)F. The van der Waals surface area contributed by atoms with E-state index in [4.69, 9.17) is 15.6 Å². The van der Waals surface area contributed by atoms with Crippen molar-refractivity contribution < 1.29 is 40.6 Å². The number of hydrogen-bond acceptors (Lipinski definition) is 6. The molecule has 0 saturated carbocycles. The van der Waals surface area contributed by atoms with Gasteiger partial charge in [-0.1, -0.05) is 35.6 Å². The Morgan fingerprint density at radius 2 is 1.63 bits per heavy atom. The lowest BCUT2D eigenvalue weighted by Crippen LogP contribution is -2.31. The van der Waals surface area contributed by atoms with E-state index in [9.17, 15) is 30.7 Å². The quantitative estimate of drug-likeness (QED) is 0.194. The zero-order valence-corrected chi connectivity index (χ0v) is 20.0. The first kappa shape index (κ1) is 28.8. The van der Waals surface area contributed by atoms with Crippen LogP contribution >= 0.6 is 11.3 Å². The van der Waals surface area contributed by atoms with E-state index in [-0.39, 0.29) is 6.04 Å². The van der Waals surface area contributed by atoms with Crippen molar-refractivity contribution in [3.63, 3.8) is 0 Å². The fourth-order valence-corrected chi connectivity index (χ4v) is 4.00. The molecule has 0 radical (unpaired) electrons. The average Bonchev–Trinajstić information content (AvgIpc) is 3.31. The predicted octanol–water partition coefficient (Wildman–Crippen LogP) is 6.13. The van der Waals surface area contributed by atoms with Crippen LogP contribution in [0.3, 0.4) is 0 Å². The number of pyridine rings is 1. The second-order valence-electron chi connectivity index (χ2n) is 7.94. The third-order valence-corrected chi connectivity index (χ3v) is 6.02. The summed E-state index contributed by atoms with van der Waals surface area (Å²) in [5, 5.41) is 12.6. The zero-order valence-electron chi connectivity index (χ0n) is 19.1. The van der Waals surface area contributed by atoms with Gasteiger partial charge in [0.2, 0.25) is 5.95 Å². The Morgan fingerprint density at radius 1 is 0.974 bits per heavy atom. The van der Waals surface area contributed by atoms with Crippen LogP contribution in [-0.2, 0) is 17.4 Å². The summed E-state index contributed by atoms with van der Waals surface area (Å²) in [6, 6.07) is 11.8. The number of aliphatic carboxylic acids is 1. The molecule has 4 rings (SSSR count). The van der Waals surface area contributed by atoms with Crippen molar-refractivity contribution in [2.75, 3.05) is 11.9 Å². The lowest BCUT2D eigenvalue weighted by molar-refractivity contribution is -0.192. The van der Waals surface area contributed by atoms with Gasteiger partial charge in [-0.3, -0.25) is 0 Å². The molecule has 0 amide bonds. The van der Waals surface area contributed by atoms with E-state index in [2.05, 4.69) is 15.3 Å². The summed E-state index contributed by atoms with van der Waals surface area (Å²) >= 11 is 1.44. The van der Waals surface area contributed by atoms with Crippen LogP contribution in [0, 0.1) is 5.95 Å². The Labute approximate surface area is 215 Å². The van der Waals surface area contributed by atoms with Crippen LogP contribution < -0.4 is 11.1 Å². The van der Waals surface area contributed by atoms with Crippen LogP contribution in [0.1, 0.15) is 11.1 Å². The molecule has 0 fully saturated rings. The van der Waals surface area contributed by atoms with Crippen molar-refractivity contribution in [1.29, 1.82) is 0 Å². The average molecular weight is 560 g/mol. The topological polar surface area (TPSA) is 101 Å².